The van der Waals surface area contributed by atoms with E-state index in [9.17, 15) is 14.7 Å². The van der Waals surface area contributed by atoms with Crippen molar-refractivity contribution in [2.24, 2.45) is 17.8 Å². The van der Waals surface area contributed by atoms with Crippen LogP contribution in [0.5, 0.6) is 0 Å². The van der Waals surface area contributed by atoms with Gasteiger partial charge in [-0.1, -0.05) is 0 Å². The minimum Gasteiger partial charge on any atom is -0.469 e. The number of hydrogen-bond donors (Lipinski definition) is 1. The molecule has 19 heavy (non-hydrogen) atoms. The lowest BCUT2D eigenvalue weighted by Crippen LogP contribution is -2.57. The summed E-state index contributed by atoms with van der Waals surface area (Å²) < 4.78 is 20.2. The standard InChI is InChI=1S/C12H18O7/c1-5-8-6(4-7(13)18-5)9(10(14)16-2)12(17-3)19-11(8)15/h5-6,8-9,11-12,15H,4H2,1-3H3/t5-,6+,8-,9+,11-,12-/m1/s1. The van der Waals surface area contributed by atoms with Crippen LogP contribution < -0.4 is 0 Å². The van der Waals surface area contributed by atoms with Crippen LogP contribution in [0.1, 0.15) is 13.3 Å². The fourth-order valence-electron chi connectivity index (χ4n) is 2.96. The average molecular weight is 274 g/mol. The third-order valence-electron chi connectivity index (χ3n) is 3.82. The summed E-state index contributed by atoms with van der Waals surface area (Å²) in [5.41, 5.74) is 0. The van der Waals surface area contributed by atoms with Crippen LogP contribution >= 0.6 is 0 Å². The number of hydrogen-bond acceptors (Lipinski definition) is 7. The SMILES string of the molecule is COC(=O)[C@H]1[C@H](OC)O[C@@H](O)[C@H]2[C@@H]1CC(=O)O[C@@H]2C. The summed E-state index contributed by atoms with van der Waals surface area (Å²) in [6.45, 7) is 1.67. The van der Waals surface area contributed by atoms with Gasteiger partial charge in [-0.25, -0.2) is 0 Å². The third-order valence-corrected chi connectivity index (χ3v) is 3.82. The van der Waals surface area contributed by atoms with Gasteiger partial charge in [0, 0.05) is 13.5 Å². The number of esters is 2. The Morgan fingerprint density at radius 3 is 2.68 bits per heavy atom. The molecular weight excluding hydrogens is 256 g/mol. The van der Waals surface area contributed by atoms with E-state index in [1.807, 2.05) is 0 Å². The van der Waals surface area contributed by atoms with Crippen molar-refractivity contribution < 1.29 is 33.6 Å². The van der Waals surface area contributed by atoms with Gasteiger partial charge in [0.05, 0.1) is 13.0 Å². The van der Waals surface area contributed by atoms with Gasteiger partial charge in [0.15, 0.2) is 12.6 Å². The second-order valence-electron chi connectivity index (χ2n) is 4.82. The minimum atomic E-state index is -1.14. The first kappa shape index (κ1) is 14.2. The number of carbonyl (C=O) groups excluding carboxylic acids is 2. The van der Waals surface area contributed by atoms with Crippen molar-refractivity contribution in [2.75, 3.05) is 14.2 Å². The maximum Gasteiger partial charge on any atom is 0.314 e. The second-order valence-corrected chi connectivity index (χ2v) is 4.82. The summed E-state index contributed by atoms with van der Waals surface area (Å²) >= 11 is 0. The number of rotatable bonds is 2. The summed E-state index contributed by atoms with van der Waals surface area (Å²) in [6, 6.07) is 0. The van der Waals surface area contributed by atoms with Gasteiger partial charge < -0.3 is 24.1 Å². The molecule has 0 spiro atoms. The Hall–Kier alpha value is -1.18. The van der Waals surface area contributed by atoms with E-state index in [4.69, 9.17) is 18.9 Å². The summed E-state index contributed by atoms with van der Waals surface area (Å²) in [5, 5.41) is 9.99. The molecule has 7 heteroatoms. The molecule has 0 aliphatic carbocycles. The number of fused-ring (bicyclic) bond motifs is 1. The molecule has 2 aliphatic heterocycles. The first-order chi connectivity index (χ1) is 8.99. The molecule has 2 rings (SSSR count). The van der Waals surface area contributed by atoms with Gasteiger partial charge in [0.2, 0.25) is 0 Å². The van der Waals surface area contributed by atoms with Gasteiger partial charge in [0.25, 0.3) is 0 Å². The van der Waals surface area contributed by atoms with Crippen LogP contribution in [0.4, 0.5) is 0 Å². The molecule has 0 amide bonds. The lowest BCUT2D eigenvalue weighted by Gasteiger charge is -2.47. The van der Waals surface area contributed by atoms with Gasteiger partial charge in [-0.2, -0.15) is 0 Å². The van der Waals surface area contributed by atoms with Crippen LogP contribution in [-0.4, -0.2) is 49.9 Å². The van der Waals surface area contributed by atoms with Crippen molar-refractivity contribution in [3.8, 4) is 0 Å². The lowest BCUT2D eigenvalue weighted by atomic mass is 9.72. The van der Waals surface area contributed by atoms with Gasteiger partial charge in [-0.05, 0) is 12.8 Å². The molecule has 7 nitrogen and oxygen atoms in total. The zero-order chi connectivity index (χ0) is 14.2. The third kappa shape index (κ3) is 2.45. The Labute approximate surface area is 110 Å². The Morgan fingerprint density at radius 1 is 1.42 bits per heavy atom. The Balaban J connectivity index is 2.32. The smallest absolute Gasteiger partial charge is 0.314 e. The molecule has 2 fully saturated rings. The van der Waals surface area contributed by atoms with Crippen molar-refractivity contribution in [3.63, 3.8) is 0 Å². The largest absolute Gasteiger partial charge is 0.469 e. The van der Waals surface area contributed by atoms with Crippen LogP contribution in [0.3, 0.4) is 0 Å². The molecule has 2 saturated heterocycles. The molecule has 0 aromatic carbocycles. The molecule has 6 atom stereocenters. The van der Waals surface area contributed by atoms with Crippen molar-refractivity contribution in [1.29, 1.82) is 0 Å². The number of cyclic esters (lactones) is 1. The zero-order valence-corrected chi connectivity index (χ0v) is 11.1. The molecule has 0 saturated carbocycles. The molecule has 0 aromatic rings. The quantitative estimate of drug-likeness (QED) is 0.689. The summed E-state index contributed by atoms with van der Waals surface area (Å²) in [4.78, 5) is 23.4. The molecule has 108 valence electrons. The number of aliphatic hydroxyl groups is 1. The molecule has 2 aliphatic rings. The highest BCUT2D eigenvalue weighted by Crippen LogP contribution is 2.43. The van der Waals surface area contributed by atoms with Crippen LogP contribution in [0.2, 0.25) is 0 Å². The van der Waals surface area contributed by atoms with E-state index in [2.05, 4.69) is 0 Å². The molecule has 0 radical (unpaired) electrons. The van der Waals surface area contributed by atoms with Crippen molar-refractivity contribution in [2.45, 2.75) is 32.0 Å². The van der Waals surface area contributed by atoms with E-state index in [-0.39, 0.29) is 6.42 Å². The predicted molar refractivity (Wildman–Crippen MR) is 60.5 cm³/mol. The Kier molecular flexibility index (Phi) is 4.07. The van der Waals surface area contributed by atoms with E-state index >= 15 is 0 Å². The number of methoxy groups -OCH3 is 2. The normalized spacial score (nSPS) is 42.2. The first-order valence-electron chi connectivity index (χ1n) is 6.13. The van der Waals surface area contributed by atoms with Crippen LogP contribution in [-0.2, 0) is 28.5 Å². The van der Waals surface area contributed by atoms with E-state index in [0.29, 0.717) is 0 Å². The van der Waals surface area contributed by atoms with Crippen LogP contribution in [0.25, 0.3) is 0 Å². The fraction of sp³-hybridized carbons (Fsp3) is 0.833. The number of carbonyl (C=O) groups is 2. The molecule has 2 heterocycles. The summed E-state index contributed by atoms with van der Waals surface area (Å²) in [7, 11) is 2.64. The summed E-state index contributed by atoms with van der Waals surface area (Å²) in [5.74, 6) is -2.55. The van der Waals surface area contributed by atoms with E-state index in [1.165, 1.54) is 14.2 Å². The second kappa shape index (κ2) is 5.44. The average Bonchev–Trinajstić information content (AvgIpc) is 2.36. The van der Waals surface area contributed by atoms with Gasteiger partial charge in [-0.15, -0.1) is 0 Å². The molecule has 1 N–H and O–H groups in total. The molecule has 0 unspecified atom stereocenters. The Bertz CT molecular complexity index is 369. The zero-order valence-electron chi connectivity index (χ0n) is 11.1. The van der Waals surface area contributed by atoms with Crippen molar-refractivity contribution in [3.05, 3.63) is 0 Å². The lowest BCUT2D eigenvalue weighted by molar-refractivity contribution is -0.315. The Morgan fingerprint density at radius 2 is 2.11 bits per heavy atom. The molecular formula is C12H18O7. The van der Waals surface area contributed by atoms with Crippen molar-refractivity contribution in [1.82, 2.24) is 0 Å². The highest BCUT2D eigenvalue weighted by atomic mass is 16.7. The first-order valence-corrected chi connectivity index (χ1v) is 6.13. The molecule has 0 aromatic heterocycles. The van der Waals surface area contributed by atoms with Crippen LogP contribution in [0, 0.1) is 17.8 Å². The summed E-state index contributed by atoms with van der Waals surface area (Å²) in [6.07, 6.45) is -2.55. The van der Waals surface area contributed by atoms with Gasteiger partial charge in [-0.3, -0.25) is 9.59 Å². The highest BCUT2D eigenvalue weighted by Gasteiger charge is 2.54. The van der Waals surface area contributed by atoms with Crippen LogP contribution in [0.15, 0.2) is 0 Å². The maximum absolute atomic E-state index is 11.9. The topological polar surface area (TPSA) is 91.3 Å². The van der Waals surface area contributed by atoms with Gasteiger partial charge in [0.1, 0.15) is 12.0 Å². The van der Waals surface area contributed by atoms with Crippen molar-refractivity contribution >= 4 is 11.9 Å². The molecule has 0 bridgehead atoms. The number of ether oxygens (including phenoxy) is 4. The monoisotopic (exact) mass is 274 g/mol. The van der Waals surface area contributed by atoms with Gasteiger partial charge >= 0.3 is 11.9 Å². The van der Waals surface area contributed by atoms with E-state index in [1.54, 1.807) is 6.92 Å². The predicted octanol–water partition coefficient (Wildman–Crippen LogP) is -0.336. The van der Waals surface area contributed by atoms with E-state index < -0.39 is 48.4 Å². The minimum absolute atomic E-state index is 0.0368. The van der Waals surface area contributed by atoms with E-state index in [0.717, 1.165) is 0 Å². The highest BCUT2D eigenvalue weighted by molar-refractivity contribution is 5.76. The number of aliphatic hydroxyl groups excluding tert-OH is 1. The maximum atomic E-state index is 11.9. The fourth-order valence-corrected chi connectivity index (χ4v) is 2.96.